The van der Waals surface area contributed by atoms with Crippen molar-refractivity contribution < 1.29 is 23.8 Å². The number of ether oxygens (including phenoxy) is 3. The Hall–Kier alpha value is -4.12. The van der Waals surface area contributed by atoms with Crippen LogP contribution >= 0.6 is 11.8 Å². The summed E-state index contributed by atoms with van der Waals surface area (Å²) in [6, 6.07) is 15.6. The number of aromatic nitrogens is 4. The molecule has 1 amide bonds. The lowest BCUT2D eigenvalue weighted by molar-refractivity contribution is -0.113. The minimum absolute atomic E-state index is 0.145. The third-order valence-electron chi connectivity index (χ3n) is 4.91. The topological polar surface area (TPSA) is 117 Å². The Kier molecular flexibility index (Phi) is 7.46. The fourth-order valence-corrected chi connectivity index (χ4v) is 3.90. The fraction of sp³-hybridized carbons (Fsp3) is 0.208. The van der Waals surface area contributed by atoms with Crippen molar-refractivity contribution in [2.45, 2.75) is 11.9 Å². The van der Waals surface area contributed by atoms with E-state index in [1.54, 1.807) is 74.2 Å². The molecule has 180 valence electrons. The smallest absolute Gasteiger partial charge is 0.338 e. The molecule has 0 unspecified atom stereocenters. The summed E-state index contributed by atoms with van der Waals surface area (Å²) in [5.41, 5.74) is 2.34. The van der Waals surface area contributed by atoms with Crippen LogP contribution in [-0.4, -0.2) is 58.3 Å². The Bertz CT molecular complexity index is 1360. The molecule has 0 aliphatic rings. The van der Waals surface area contributed by atoms with Gasteiger partial charge in [-0.2, -0.15) is 9.61 Å². The molecule has 35 heavy (non-hydrogen) atoms. The molecule has 0 atom stereocenters. The molecule has 0 fully saturated rings. The Labute approximate surface area is 205 Å². The summed E-state index contributed by atoms with van der Waals surface area (Å²) in [5.74, 6) is 1.25. The number of benzene rings is 2. The fourth-order valence-electron chi connectivity index (χ4n) is 3.24. The summed E-state index contributed by atoms with van der Waals surface area (Å²) >= 11 is 1.28. The molecule has 11 heteroatoms. The zero-order valence-electron chi connectivity index (χ0n) is 19.3. The van der Waals surface area contributed by atoms with Gasteiger partial charge in [0.1, 0.15) is 5.03 Å². The maximum Gasteiger partial charge on any atom is 0.338 e. The monoisotopic (exact) mass is 493 g/mol. The van der Waals surface area contributed by atoms with Crippen LogP contribution < -0.4 is 14.8 Å². The van der Waals surface area contributed by atoms with Crippen LogP contribution in [0.1, 0.15) is 17.3 Å². The van der Waals surface area contributed by atoms with Crippen molar-refractivity contribution in [2.24, 2.45) is 0 Å². The van der Waals surface area contributed by atoms with Gasteiger partial charge in [0, 0.05) is 11.3 Å². The van der Waals surface area contributed by atoms with E-state index in [1.165, 1.54) is 11.8 Å². The van der Waals surface area contributed by atoms with Crippen molar-refractivity contribution in [3.8, 4) is 22.9 Å². The van der Waals surface area contributed by atoms with Gasteiger partial charge in [-0.25, -0.2) is 4.79 Å². The number of rotatable bonds is 9. The third kappa shape index (κ3) is 5.52. The van der Waals surface area contributed by atoms with Crippen molar-refractivity contribution in [2.75, 3.05) is 31.9 Å². The minimum Gasteiger partial charge on any atom is -0.493 e. The number of nitrogens with zero attached hydrogens (tertiary/aromatic N) is 4. The number of carbonyl (C=O) groups excluding carboxylic acids is 2. The normalized spacial score (nSPS) is 10.7. The average Bonchev–Trinajstić information content (AvgIpc) is 3.31. The molecule has 0 saturated heterocycles. The van der Waals surface area contributed by atoms with Gasteiger partial charge in [-0.3, -0.25) is 4.79 Å². The second-order valence-electron chi connectivity index (χ2n) is 7.17. The van der Waals surface area contributed by atoms with Crippen LogP contribution in [0.5, 0.6) is 11.5 Å². The van der Waals surface area contributed by atoms with E-state index in [1.807, 2.05) is 6.07 Å². The largest absolute Gasteiger partial charge is 0.493 e. The van der Waals surface area contributed by atoms with E-state index < -0.39 is 5.97 Å². The molecule has 2 aromatic heterocycles. The number of esters is 1. The van der Waals surface area contributed by atoms with Crippen LogP contribution in [0.3, 0.4) is 0 Å². The van der Waals surface area contributed by atoms with Gasteiger partial charge >= 0.3 is 5.97 Å². The van der Waals surface area contributed by atoms with Crippen LogP contribution in [0.4, 0.5) is 5.69 Å². The Morgan fingerprint density at radius 1 is 0.971 bits per heavy atom. The summed E-state index contributed by atoms with van der Waals surface area (Å²) in [4.78, 5) is 24.2. The van der Waals surface area contributed by atoms with Crippen LogP contribution in [0.15, 0.2) is 59.6 Å². The van der Waals surface area contributed by atoms with Crippen molar-refractivity contribution >= 4 is 35.0 Å². The molecular formula is C24H23N5O5S. The Balaban J connectivity index is 1.44. The molecule has 0 saturated carbocycles. The zero-order chi connectivity index (χ0) is 24.8. The minimum atomic E-state index is -0.399. The molecule has 0 aliphatic carbocycles. The summed E-state index contributed by atoms with van der Waals surface area (Å²) in [7, 11) is 3.14. The van der Waals surface area contributed by atoms with Gasteiger partial charge in [0.25, 0.3) is 0 Å². The molecule has 1 N–H and O–H groups in total. The molecule has 4 rings (SSSR count). The van der Waals surface area contributed by atoms with Gasteiger partial charge in [-0.1, -0.05) is 11.8 Å². The lowest BCUT2D eigenvalue weighted by atomic mass is 10.2. The molecule has 4 aromatic rings. The predicted octanol–water partition coefficient (Wildman–Crippen LogP) is 3.72. The van der Waals surface area contributed by atoms with Crippen molar-refractivity contribution in [3.63, 3.8) is 0 Å². The maximum atomic E-state index is 12.4. The van der Waals surface area contributed by atoms with Gasteiger partial charge in [0.05, 0.1) is 32.1 Å². The summed E-state index contributed by atoms with van der Waals surface area (Å²) in [6.07, 6.45) is 0. The highest BCUT2D eigenvalue weighted by atomic mass is 32.2. The molecule has 2 heterocycles. The summed E-state index contributed by atoms with van der Waals surface area (Å²) in [6.45, 7) is 2.05. The molecule has 0 radical (unpaired) electrons. The third-order valence-corrected chi connectivity index (χ3v) is 5.83. The Morgan fingerprint density at radius 3 is 2.46 bits per heavy atom. The van der Waals surface area contributed by atoms with E-state index >= 15 is 0 Å². The highest BCUT2D eigenvalue weighted by Gasteiger charge is 2.14. The SMILES string of the molecule is CCOC(=O)c1ccc(NC(=O)CSc2ccc3nnc(-c4ccc(OC)c(OC)c4)n3n2)cc1. The van der Waals surface area contributed by atoms with Crippen LogP contribution in [-0.2, 0) is 9.53 Å². The van der Waals surface area contributed by atoms with Crippen molar-refractivity contribution in [1.29, 1.82) is 0 Å². The highest BCUT2D eigenvalue weighted by Crippen LogP contribution is 2.31. The number of methoxy groups -OCH3 is 2. The van der Waals surface area contributed by atoms with E-state index in [-0.39, 0.29) is 11.7 Å². The van der Waals surface area contributed by atoms with E-state index in [0.29, 0.717) is 45.9 Å². The first-order valence-electron chi connectivity index (χ1n) is 10.7. The molecule has 0 spiro atoms. The van der Waals surface area contributed by atoms with Gasteiger partial charge in [0.15, 0.2) is 23.0 Å². The lowest BCUT2D eigenvalue weighted by Gasteiger charge is -2.09. The van der Waals surface area contributed by atoms with Crippen molar-refractivity contribution in [3.05, 3.63) is 60.2 Å². The van der Waals surface area contributed by atoms with Crippen molar-refractivity contribution in [1.82, 2.24) is 19.8 Å². The van der Waals surface area contributed by atoms with E-state index in [9.17, 15) is 9.59 Å². The molecule has 0 bridgehead atoms. The van der Waals surface area contributed by atoms with Crippen LogP contribution in [0.25, 0.3) is 17.0 Å². The first kappa shape index (κ1) is 24.0. The Morgan fingerprint density at radius 2 is 1.74 bits per heavy atom. The number of carbonyl (C=O) groups is 2. The first-order valence-corrected chi connectivity index (χ1v) is 11.7. The van der Waals surface area contributed by atoms with Gasteiger partial charge in [-0.15, -0.1) is 10.2 Å². The van der Waals surface area contributed by atoms with Crippen LogP contribution in [0, 0.1) is 0 Å². The van der Waals surface area contributed by atoms with Gasteiger partial charge < -0.3 is 19.5 Å². The number of hydrogen-bond donors (Lipinski definition) is 1. The molecule has 10 nitrogen and oxygen atoms in total. The standard InChI is InChI=1S/C24H23N5O5S/c1-4-34-24(31)15-5-8-17(9-6-15)25-21(30)14-35-22-12-11-20-26-27-23(29(20)28-22)16-7-10-18(32-2)19(13-16)33-3/h5-13H,4,14H2,1-3H3,(H,25,30). The number of fused-ring (bicyclic) bond motifs is 1. The second-order valence-corrected chi connectivity index (χ2v) is 8.17. The number of hydrogen-bond acceptors (Lipinski definition) is 9. The van der Waals surface area contributed by atoms with Crippen LogP contribution in [0.2, 0.25) is 0 Å². The van der Waals surface area contributed by atoms with Gasteiger partial charge in [-0.05, 0) is 61.5 Å². The number of thioether (sulfide) groups is 1. The second kappa shape index (κ2) is 10.9. The van der Waals surface area contributed by atoms with E-state index in [0.717, 1.165) is 5.56 Å². The predicted molar refractivity (Wildman–Crippen MR) is 131 cm³/mol. The molecule has 0 aliphatic heterocycles. The first-order chi connectivity index (χ1) is 17.0. The lowest BCUT2D eigenvalue weighted by Crippen LogP contribution is -2.14. The van der Waals surface area contributed by atoms with E-state index in [4.69, 9.17) is 14.2 Å². The average molecular weight is 494 g/mol. The summed E-state index contributed by atoms with van der Waals surface area (Å²) in [5, 5.41) is 16.5. The number of amides is 1. The van der Waals surface area contributed by atoms with Gasteiger partial charge in [0.2, 0.25) is 5.91 Å². The molecule has 2 aromatic carbocycles. The maximum absolute atomic E-state index is 12.4. The number of nitrogens with one attached hydrogen (secondary N) is 1. The molecular weight excluding hydrogens is 470 g/mol. The quantitative estimate of drug-likeness (QED) is 0.275. The highest BCUT2D eigenvalue weighted by molar-refractivity contribution is 7.99. The number of anilines is 1. The zero-order valence-corrected chi connectivity index (χ0v) is 20.2. The summed E-state index contributed by atoms with van der Waals surface area (Å²) < 4.78 is 17.3. The van der Waals surface area contributed by atoms with E-state index in [2.05, 4.69) is 20.6 Å².